The smallest absolute Gasteiger partial charge is 0.333 e. The first-order chi connectivity index (χ1) is 18.6. The first-order valence-corrected chi connectivity index (χ1v) is 14.7. The molecule has 2 aliphatic rings. The Morgan fingerprint density at radius 3 is 2.02 bits per heavy atom. The fourth-order valence-corrected chi connectivity index (χ4v) is 4.65. The Balaban J connectivity index is 2.31. The lowest BCUT2D eigenvalue weighted by Gasteiger charge is -2.38. The van der Waals surface area contributed by atoms with E-state index in [-0.39, 0.29) is 53.6 Å². The fourth-order valence-electron chi connectivity index (χ4n) is 4.65. The Kier molecular flexibility index (Phi) is 12.3. The molecule has 0 radical (unpaired) electrons. The number of esters is 3. The van der Waals surface area contributed by atoms with Crippen molar-refractivity contribution in [2.75, 3.05) is 0 Å². The van der Waals surface area contributed by atoms with Crippen molar-refractivity contribution < 1.29 is 33.3 Å². The second-order valence-electron chi connectivity index (χ2n) is 12.4. The Hall–Kier alpha value is -2.83. The van der Waals surface area contributed by atoms with Crippen LogP contribution < -0.4 is 0 Å². The molecule has 224 valence electrons. The van der Waals surface area contributed by atoms with Crippen molar-refractivity contribution in [3.63, 3.8) is 0 Å². The Bertz CT molecular complexity index is 1020. The zero-order valence-corrected chi connectivity index (χ0v) is 26.1. The summed E-state index contributed by atoms with van der Waals surface area (Å²) in [7, 11) is 0. The van der Waals surface area contributed by atoms with Crippen molar-refractivity contribution in [1.29, 1.82) is 0 Å². The Morgan fingerprint density at radius 2 is 1.48 bits per heavy atom. The molecule has 0 aliphatic heterocycles. The minimum Gasteiger partial charge on any atom is -0.491 e. The summed E-state index contributed by atoms with van der Waals surface area (Å²) in [6.45, 7) is 23.0. The van der Waals surface area contributed by atoms with E-state index < -0.39 is 18.2 Å². The molecule has 0 aromatic heterocycles. The van der Waals surface area contributed by atoms with Crippen LogP contribution >= 0.6 is 0 Å². The molecule has 0 aromatic rings. The molecule has 0 saturated heterocycles. The van der Waals surface area contributed by atoms with Gasteiger partial charge in [-0.05, 0) is 68.6 Å². The first kappa shape index (κ1) is 33.4. The molecule has 0 fully saturated rings. The average Bonchev–Trinajstić information content (AvgIpc) is 2.88. The fraction of sp³-hybridized carbons (Fsp3) is 0.667. The molecule has 2 rings (SSSR count). The zero-order valence-electron chi connectivity index (χ0n) is 26.1. The summed E-state index contributed by atoms with van der Waals surface area (Å²) in [5.74, 6) is 0.0124. The molecular weight excluding hydrogens is 508 g/mol. The van der Waals surface area contributed by atoms with Crippen LogP contribution in [0.5, 0.6) is 0 Å². The van der Waals surface area contributed by atoms with Gasteiger partial charge in [-0.3, -0.25) is 9.59 Å². The van der Waals surface area contributed by atoms with Crippen LogP contribution in [0.1, 0.15) is 82.1 Å². The van der Waals surface area contributed by atoms with E-state index in [1.807, 2.05) is 39.0 Å². The van der Waals surface area contributed by atoms with Crippen molar-refractivity contribution in [2.24, 2.45) is 41.4 Å². The van der Waals surface area contributed by atoms with E-state index in [0.29, 0.717) is 29.4 Å². The zero-order chi connectivity index (χ0) is 30.3. The van der Waals surface area contributed by atoms with Gasteiger partial charge in [-0.15, -0.1) is 0 Å². The van der Waals surface area contributed by atoms with Gasteiger partial charge in [-0.1, -0.05) is 68.0 Å². The van der Waals surface area contributed by atoms with Crippen LogP contribution in [-0.2, 0) is 33.3 Å². The predicted molar refractivity (Wildman–Crippen MR) is 156 cm³/mol. The van der Waals surface area contributed by atoms with Crippen LogP contribution in [0.15, 0.2) is 48.0 Å². The van der Waals surface area contributed by atoms with Crippen LogP contribution in [0.2, 0.25) is 0 Å². The maximum absolute atomic E-state index is 12.6. The van der Waals surface area contributed by atoms with Gasteiger partial charge in [0.15, 0.2) is 6.10 Å². The SMILES string of the molecule is C=C(C)C(=O)OC1CCC(C(C)C(C)C2C=CC(OC(C)C(C)C)=C[C@H]2OC(=O)C(C)C)C=C1OC(=O)C(C)C. The van der Waals surface area contributed by atoms with Crippen molar-refractivity contribution in [3.05, 3.63) is 48.0 Å². The van der Waals surface area contributed by atoms with Gasteiger partial charge >= 0.3 is 17.9 Å². The summed E-state index contributed by atoms with van der Waals surface area (Å²) in [6, 6.07) is 0. The highest BCUT2D eigenvalue weighted by molar-refractivity contribution is 5.87. The number of hydrogen-bond acceptors (Lipinski definition) is 7. The quantitative estimate of drug-likeness (QED) is 0.146. The maximum atomic E-state index is 12.6. The Labute approximate surface area is 241 Å². The van der Waals surface area contributed by atoms with Gasteiger partial charge < -0.3 is 18.9 Å². The first-order valence-electron chi connectivity index (χ1n) is 14.7. The summed E-state index contributed by atoms with van der Waals surface area (Å²) in [6.07, 6.45) is 8.16. The number of ether oxygens (including phenoxy) is 4. The summed E-state index contributed by atoms with van der Waals surface area (Å²) >= 11 is 0. The third-order valence-electron chi connectivity index (χ3n) is 8.03. The molecule has 0 N–H and O–H groups in total. The lowest BCUT2D eigenvalue weighted by atomic mass is 9.71. The van der Waals surface area contributed by atoms with Gasteiger partial charge in [-0.25, -0.2) is 4.79 Å². The third kappa shape index (κ3) is 9.10. The minimum atomic E-state index is -0.634. The van der Waals surface area contributed by atoms with Gasteiger partial charge in [-0.2, -0.15) is 0 Å². The molecule has 6 unspecified atom stereocenters. The van der Waals surface area contributed by atoms with Crippen LogP contribution in [0, 0.1) is 41.4 Å². The van der Waals surface area contributed by atoms with Gasteiger partial charge in [0.25, 0.3) is 0 Å². The molecule has 0 bridgehead atoms. The molecule has 7 atom stereocenters. The summed E-state index contributed by atoms with van der Waals surface area (Å²) in [4.78, 5) is 37.4. The van der Waals surface area contributed by atoms with Crippen LogP contribution in [-0.4, -0.2) is 36.2 Å². The normalized spacial score (nSPS) is 25.0. The highest BCUT2D eigenvalue weighted by Gasteiger charge is 2.38. The number of allylic oxidation sites excluding steroid dienone is 2. The number of rotatable bonds is 12. The predicted octanol–water partition coefficient (Wildman–Crippen LogP) is 6.94. The van der Waals surface area contributed by atoms with E-state index in [2.05, 4.69) is 40.3 Å². The summed E-state index contributed by atoms with van der Waals surface area (Å²) in [5, 5.41) is 0. The van der Waals surface area contributed by atoms with Crippen molar-refractivity contribution >= 4 is 17.9 Å². The molecule has 0 saturated carbocycles. The molecule has 0 aromatic carbocycles. The molecule has 7 nitrogen and oxygen atoms in total. The number of hydrogen-bond donors (Lipinski definition) is 0. The van der Waals surface area contributed by atoms with Crippen LogP contribution in [0.4, 0.5) is 0 Å². The van der Waals surface area contributed by atoms with Crippen molar-refractivity contribution in [2.45, 2.75) is 100 Å². The van der Waals surface area contributed by atoms with E-state index >= 15 is 0 Å². The molecule has 0 amide bonds. The average molecular weight is 559 g/mol. The van der Waals surface area contributed by atoms with E-state index in [0.717, 1.165) is 6.42 Å². The van der Waals surface area contributed by atoms with Gasteiger partial charge in [0.2, 0.25) is 0 Å². The summed E-state index contributed by atoms with van der Waals surface area (Å²) < 4.78 is 23.5. The van der Waals surface area contributed by atoms with E-state index in [1.54, 1.807) is 20.8 Å². The highest BCUT2D eigenvalue weighted by Crippen LogP contribution is 2.40. The molecule has 2 aliphatic carbocycles. The molecule has 0 spiro atoms. The Morgan fingerprint density at radius 1 is 0.850 bits per heavy atom. The second kappa shape index (κ2) is 14.7. The van der Waals surface area contributed by atoms with Gasteiger partial charge in [0.05, 0.1) is 17.9 Å². The monoisotopic (exact) mass is 558 g/mol. The molecule has 7 heteroatoms. The highest BCUT2D eigenvalue weighted by atomic mass is 16.6. The minimum absolute atomic E-state index is 0.0246. The lowest BCUT2D eigenvalue weighted by molar-refractivity contribution is -0.153. The van der Waals surface area contributed by atoms with Crippen molar-refractivity contribution in [3.8, 4) is 0 Å². The van der Waals surface area contributed by atoms with Gasteiger partial charge in [0.1, 0.15) is 17.6 Å². The van der Waals surface area contributed by atoms with Crippen LogP contribution in [0.3, 0.4) is 0 Å². The second-order valence-corrected chi connectivity index (χ2v) is 12.4. The van der Waals surface area contributed by atoms with E-state index in [9.17, 15) is 14.4 Å². The largest absolute Gasteiger partial charge is 0.491 e. The lowest BCUT2D eigenvalue weighted by Crippen LogP contribution is -2.37. The van der Waals surface area contributed by atoms with E-state index in [4.69, 9.17) is 18.9 Å². The summed E-state index contributed by atoms with van der Waals surface area (Å²) in [5.41, 5.74) is 0.295. The molecule has 0 heterocycles. The molecule has 40 heavy (non-hydrogen) atoms. The number of carbonyl (C=O) groups excluding carboxylic acids is 3. The number of carbonyl (C=O) groups is 3. The third-order valence-corrected chi connectivity index (χ3v) is 8.03. The van der Waals surface area contributed by atoms with E-state index in [1.165, 1.54) is 0 Å². The maximum Gasteiger partial charge on any atom is 0.333 e. The van der Waals surface area contributed by atoms with Crippen LogP contribution in [0.25, 0.3) is 0 Å². The van der Waals surface area contributed by atoms with Crippen molar-refractivity contribution in [1.82, 2.24) is 0 Å². The molecular formula is C33H50O7. The standard InChI is InChI=1S/C33H50O7/c1-18(2)24(11)37-26-13-14-27(29(17-26)39-32(35)20(5)6)23(10)22(9)25-12-15-28(38-31(34)19(3)4)30(16-25)40-33(36)21(7)8/h13-14,16-18,20-25,27-29H,3,12,15H2,1-2,4-11H3/t22?,23?,24?,25?,27?,28?,29-/m1/s1. The topological polar surface area (TPSA) is 88.1 Å². The van der Waals surface area contributed by atoms with Gasteiger partial charge in [0, 0.05) is 11.5 Å².